The van der Waals surface area contributed by atoms with Crippen LogP contribution in [-0.2, 0) is 9.59 Å². The highest BCUT2D eigenvalue weighted by atomic mass is 16.3. The van der Waals surface area contributed by atoms with Gasteiger partial charge in [-0.25, -0.2) is 0 Å². The molecule has 0 spiro atoms. The number of Topliss-reactive ketones (excluding diaryl/α,β-unsaturated/α-hetero) is 1. The van der Waals surface area contributed by atoms with E-state index in [1.54, 1.807) is 12.2 Å². The van der Waals surface area contributed by atoms with Gasteiger partial charge in [-0.3, -0.25) is 9.59 Å². The number of aliphatic hydroxyl groups excluding tert-OH is 2. The smallest absolute Gasteiger partial charge is 0.190 e. The number of hydrogen-bond acceptors (Lipinski definition) is 5. The van der Waals surface area contributed by atoms with Gasteiger partial charge in [-0.15, -0.1) is 0 Å². The molecule has 0 amide bonds. The second kappa shape index (κ2) is 5.85. The Balaban J connectivity index is 0.00000225. The van der Waals surface area contributed by atoms with Crippen molar-refractivity contribution in [1.29, 1.82) is 0 Å². The zero-order chi connectivity index (χ0) is 19.8. The summed E-state index contributed by atoms with van der Waals surface area (Å²) < 4.78 is 0. The highest BCUT2D eigenvalue weighted by Crippen LogP contribution is 2.67. The van der Waals surface area contributed by atoms with E-state index in [0.717, 1.165) is 18.4 Å². The van der Waals surface area contributed by atoms with Gasteiger partial charge in [0.1, 0.15) is 12.2 Å². The maximum Gasteiger partial charge on any atom is 0.190 e. The molecule has 0 aromatic rings. The van der Waals surface area contributed by atoms with Crippen LogP contribution in [0.1, 0.15) is 47.9 Å². The molecule has 4 rings (SSSR count). The van der Waals surface area contributed by atoms with E-state index in [9.17, 15) is 24.9 Å². The molecule has 1 unspecified atom stereocenters. The van der Waals surface area contributed by atoms with Crippen LogP contribution >= 0.6 is 0 Å². The van der Waals surface area contributed by atoms with Gasteiger partial charge in [-0.2, -0.15) is 0 Å². The predicted molar refractivity (Wildman–Crippen MR) is 102 cm³/mol. The summed E-state index contributed by atoms with van der Waals surface area (Å²) in [5.74, 6) is -0.0768. The first-order valence-electron chi connectivity index (χ1n) is 10.1. The van der Waals surface area contributed by atoms with Crippen molar-refractivity contribution in [1.82, 2.24) is 0 Å². The minimum Gasteiger partial charge on any atom is -0.393 e. The fourth-order valence-electron chi connectivity index (χ4n) is 7.34. The molecule has 8 atom stereocenters. The molecule has 4 aliphatic carbocycles. The third kappa shape index (κ3) is 2.28. The van der Waals surface area contributed by atoms with Crippen LogP contribution < -0.4 is 0 Å². The molecule has 5 heteroatoms. The van der Waals surface area contributed by atoms with Crippen molar-refractivity contribution in [2.24, 2.45) is 34.5 Å². The SMILES string of the molecule is C[C@H]1C[C@H]2C3CC[C@](O)(C(=O)CO)[C@@]3(C)C[C@H](O)[C@H]2[C@@]2(C)C=CC(=O)C=C12.[HH]. The fourth-order valence-corrected chi connectivity index (χ4v) is 7.34. The van der Waals surface area contributed by atoms with E-state index in [0.29, 0.717) is 12.8 Å². The molecule has 5 nitrogen and oxygen atoms in total. The molecule has 4 aliphatic rings. The number of ketones is 2. The van der Waals surface area contributed by atoms with E-state index in [-0.39, 0.29) is 36.3 Å². The van der Waals surface area contributed by atoms with Gasteiger partial charge in [0, 0.05) is 18.2 Å². The fraction of sp³-hybridized carbons (Fsp3) is 0.727. The Morgan fingerprint density at radius 1 is 1.37 bits per heavy atom. The lowest BCUT2D eigenvalue weighted by Crippen LogP contribution is -2.62. The maximum absolute atomic E-state index is 12.4. The van der Waals surface area contributed by atoms with Crippen molar-refractivity contribution >= 4 is 11.6 Å². The third-order valence-corrected chi connectivity index (χ3v) is 8.57. The monoisotopic (exact) mass is 376 g/mol. The number of carbonyl (C=O) groups is 2. The Kier molecular flexibility index (Phi) is 4.12. The molecule has 150 valence electrons. The Morgan fingerprint density at radius 2 is 2.07 bits per heavy atom. The van der Waals surface area contributed by atoms with Crippen LogP contribution in [-0.4, -0.2) is 45.2 Å². The second-order valence-electron chi connectivity index (χ2n) is 9.72. The highest BCUT2D eigenvalue weighted by Gasteiger charge is 2.68. The Morgan fingerprint density at radius 3 is 2.74 bits per heavy atom. The van der Waals surface area contributed by atoms with E-state index in [1.807, 2.05) is 13.0 Å². The van der Waals surface area contributed by atoms with Gasteiger partial charge in [0.2, 0.25) is 0 Å². The van der Waals surface area contributed by atoms with E-state index < -0.39 is 29.5 Å². The van der Waals surface area contributed by atoms with Crippen molar-refractivity contribution in [3.05, 3.63) is 23.8 Å². The lowest BCUT2D eigenvalue weighted by Gasteiger charge is -2.60. The molecular formula is C22H32O5. The lowest BCUT2D eigenvalue weighted by molar-refractivity contribution is -0.180. The number of fused-ring (bicyclic) bond motifs is 5. The van der Waals surface area contributed by atoms with E-state index in [1.165, 1.54) is 0 Å². The molecule has 0 aromatic heterocycles. The number of rotatable bonds is 2. The first-order valence-corrected chi connectivity index (χ1v) is 10.1. The zero-order valence-corrected chi connectivity index (χ0v) is 16.3. The average molecular weight is 376 g/mol. The Bertz CT molecular complexity index is 760. The van der Waals surface area contributed by atoms with Crippen LogP contribution in [0.25, 0.3) is 0 Å². The molecule has 0 bridgehead atoms. The molecule has 27 heavy (non-hydrogen) atoms. The molecule has 0 radical (unpaired) electrons. The summed E-state index contributed by atoms with van der Waals surface area (Å²) in [7, 11) is 0. The second-order valence-corrected chi connectivity index (χ2v) is 9.72. The van der Waals surface area contributed by atoms with Gasteiger partial charge in [-0.05, 0) is 55.6 Å². The first-order chi connectivity index (χ1) is 12.6. The van der Waals surface area contributed by atoms with Gasteiger partial charge >= 0.3 is 0 Å². The number of aliphatic hydroxyl groups is 3. The third-order valence-electron chi connectivity index (χ3n) is 8.57. The molecule has 0 saturated heterocycles. The van der Waals surface area contributed by atoms with Crippen LogP contribution in [0, 0.1) is 34.5 Å². The topological polar surface area (TPSA) is 94.8 Å². The van der Waals surface area contributed by atoms with Gasteiger partial charge in [0.15, 0.2) is 11.6 Å². The van der Waals surface area contributed by atoms with Crippen LogP contribution in [0.5, 0.6) is 0 Å². The molecule has 3 N–H and O–H groups in total. The summed E-state index contributed by atoms with van der Waals surface area (Å²) in [6, 6.07) is 0. The van der Waals surface area contributed by atoms with Crippen molar-refractivity contribution in [3.63, 3.8) is 0 Å². The summed E-state index contributed by atoms with van der Waals surface area (Å²) in [5, 5.41) is 31.9. The lowest BCUT2D eigenvalue weighted by atomic mass is 9.45. The van der Waals surface area contributed by atoms with Crippen molar-refractivity contribution in [2.45, 2.75) is 58.2 Å². The summed E-state index contributed by atoms with van der Waals surface area (Å²) in [5.41, 5.74) is -1.59. The Labute approximate surface area is 161 Å². The van der Waals surface area contributed by atoms with Crippen LogP contribution in [0.15, 0.2) is 23.8 Å². The van der Waals surface area contributed by atoms with Gasteiger partial charge in [0.25, 0.3) is 0 Å². The number of carbonyl (C=O) groups excluding carboxylic acids is 2. The molecule has 0 aromatic carbocycles. The van der Waals surface area contributed by atoms with Gasteiger partial charge in [0.05, 0.1) is 6.10 Å². The van der Waals surface area contributed by atoms with Crippen LogP contribution in [0.2, 0.25) is 0 Å². The summed E-state index contributed by atoms with van der Waals surface area (Å²) in [6.45, 7) is 5.48. The van der Waals surface area contributed by atoms with E-state index >= 15 is 0 Å². The van der Waals surface area contributed by atoms with E-state index in [4.69, 9.17) is 0 Å². The van der Waals surface area contributed by atoms with Crippen LogP contribution in [0.4, 0.5) is 0 Å². The van der Waals surface area contributed by atoms with E-state index in [2.05, 4.69) is 13.8 Å². The van der Waals surface area contributed by atoms with Crippen molar-refractivity contribution < 1.29 is 26.3 Å². The predicted octanol–water partition coefficient (Wildman–Crippen LogP) is 2.05. The number of allylic oxidation sites excluding steroid dienone is 4. The summed E-state index contributed by atoms with van der Waals surface area (Å²) in [4.78, 5) is 24.4. The number of hydrogen-bond donors (Lipinski definition) is 3. The van der Waals surface area contributed by atoms with Crippen molar-refractivity contribution in [2.75, 3.05) is 6.61 Å². The highest BCUT2D eigenvalue weighted by molar-refractivity contribution is 6.01. The summed E-state index contributed by atoms with van der Waals surface area (Å²) >= 11 is 0. The minimum absolute atomic E-state index is 0. The first kappa shape index (κ1) is 19.0. The summed E-state index contributed by atoms with van der Waals surface area (Å²) in [6.07, 6.45) is 6.87. The maximum atomic E-state index is 12.4. The molecule has 0 heterocycles. The molecule has 3 fully saturated rings. The largest absolute Gasteiger partial charge is 0.393 e. The van der Waals surface area contributed by atoms with Gasteiger partial charge in [-0.1, -0.05) is 32.4 Å². The minimum atomic E-state index is -1.57. The Hall–Kier alpha value is -1.30. The zero-order valence-electron chi connectivity index (χ0n) is 16.3. The van der Waals surface area contributed by atoms with Crippen molar-refractivity contribution in [3.8, 4) is 0 Å². The quantitative estimate of drug-likeness (QED) is 0.686. The normalized spacial score (nSPS) is 51.3. The average Bonchev–Trinajstić information content (AvgIpc) is 2.87. The molecule has 3 saturated carbocycles. The molecular weight excluding hydrogens is 344 g/mol. The van der Waals surface area contributed by atoms with Crippen LogP contribution in [0.3, 0.4) is 0 Å². The van der Waals surface area contributed by atoms with Gasteiger partial charge < -0.3 is 15.3 Å². The molecule has 0 aliphatic heterocycles. The standard InChI is InChI=1S/C22H30O5.H2/c1-12-8-14-15-5-7-22(27,18(26)11-23)21(15,3)10-17(25)19(14)20(2)6-4-13(24)9-16(12)20;/h4,6,9,12,14-15,17,19,23,25,27H,5,7-8,10-11H2,1-3H3;1H/t12-,14-,15?,17-,19-,20-,21-,22-;/m0./s1.